The van der Waals surface area contributed by atoms with Crippen molar-refractivity contribution >= 4 is 5.78 Å². The van der Waals surface area contributed by atoms with Gasteiger partial charge in [0.2, 0.25) is 0 Å². The Kier molecular flexibility index (Phi) is 2.42. The first-order chi connectivity index (χ1) is 6.78. The van der Waals surface area contributed by atoms with Crippen LogP contribution in [0.1, 0.15) is 29.8 Å². The molecule has 0 aliphatic heterocycles. The molecule has 1 aliphatic rings. The molecule has 3 nitrogen and oxygen atoms in total. The van der Waals surface area contributed by atoms with Crippen molar-refractivity contribution in [2.75, 3.05) is 13.6 Å². The molecular formula is C11H16N2O. The average molecular weight is 192 g/mol. The zero-order valence-electron chi connectivity index (χ0n) is 8.47. The molecular weight excluding hydrogens is 176 g/mol. The Morgan fingerprint density at radius 1 is 1.64 bits per heavy atom. The van der Waals surface area contributed by atoms with Crippen LogP contribution in [0.25, 0.3) is 0 Å². The van der Waals surface area contributed by atoms with Crippen LogP contribution in [0.5, 0.6) is 0 Å². The second-order valence-corrected chi connectivity index (χ2v) is 4.08. The Labute approximate surface area is 83.9 Å². The van der Waals surface area contributed by atoms with Crippen molar-refractivity contribution in [2.45, 2.75) is 19.3 Å². The number of rotatable bonds is 4. The van der Waals surface area contributed by atoms with Gasteiger partial charge in [0.1, 0.15) is 0 Å². The molecule has 0 bridgehead atoms. The summed E-state index contributed by atoms with van der Waals surface area (Å²) in [5.41, 5.74) is 0.625. The molecule has 1 aromatic rings. The van der Waals surface area contributed by atoms with Crippen LogP contribution in [0.2, 0.25) is 0 Å². The molecule has 0 amide bonds. The van der Waals surface area contributed by atoms with E-state index in [0.29, 0.717) is 0 Å². The number of carbonyl (C=O) groups excluding carboxylic acids is 1. The standard InChI is InChI=1S/C11H16N2O/c1-12-8-11(5-3-6-11)10(14)9-4-2-7-13-9/h2,4,7,12-13H,3,5-6,8H2,1H3. The number of H-pyrrole nitrogens is 1. The Balaban J connectivity index is 2.16. The molecule has 0 radical (unpaired) electrons. The fourth-order valence-corrected chi connectivity index (χ4v) is 2.18. The normalized spacial score (nSPS) is 18.9. The van der Waals surface area contributed by atoms with E-state index in [9.17, 15) is 4.79 Å². The average Bonchev–Trinajstić information content (AvgIpc) is 2.62. The predicted octanol–water partition coefficient (Wildman–Crippen LogP) is 1.59. The summed E-state index contributed by atoms with van der Waals surface area (Å²) in [6.45, 7) is 0.796. The smallest absolute Gasteiger partial charge is 0.186 e. The van der Waals surface area contributed by atoms with Gasteiger partial charge in [-0.15, -0.1) is 0 Å². The van der Waals surface area contributed by atoms with Gasteiger partial charge in [0.25, 0.3) is 0 Å². The lowest BCUT2D eigenvalue weighted by molar-refractivity contribution is 0.0609. The number of hydrogen-bond acceptors (Lipinski definition) is 2. The van der Waals surface area contributed by atoms with Crippen molar-refractivity contribution in [3.05, 3.63) is 24.0 Å². The van der Waals surface area contributed by atoms with E-state index in [1.807, 2.05) is 19.2 Å². The molecule has 1 heterocycles. The molecule has 3 heteroatoms. The third kappa shape index (κ3) is 1.38. The zero-order valence-corrected chi connectivity index (χ0v) is 8.47. The van der Waals surface area contributed by atoms with Crippen LogP contribution in [0, 0.1) is 5.41 Å². The maximum atomic E-state index is 12.1. The van der Waals surface area contributed by atoms with E-state index in [1.165, 1.54) is 6.42 Å². The maximum Gasteiger partial charge on any atom is 0.186 e. The minimum atomic E-state index is -0.125. The SMILES string of the molecule is CNCC1(C(=O)c2ccc[nH]2)CCC1. The molecule has 1 aliphatic carbocycles. The summed E-state index contributed by atoms with van der Waals surface area (Å²) in [6.07, 6.45) is 5.02. The number of hydrogen-bond donors (Lipinski definition) is 2. The summed E-state index contributed by atoms with van der Waals surface area (Å²) in [4.78, 5) is 15.1. The molecule has 0 atom stereocenters. The third-order valence-corrected chi connectivity index (χ3v) is 3.15. The van der Waals surface area contributed by atoms with Gasteiger partial charge in [0.15, 0.2) is 5.78 Å². The second kappa shape index (κ2) is 3.58. The highest BCUT2D eigenvalue weighted by atomic mass is 16.1. The molecule has 2 rings (SSSR count). The Bertz CT molecular complexity index is 312. The van der Waals surface area contributed by atoms with Gasteiger partial charge in [0.05, 0.1) is 5.69 Å². The Morgan fingerprint density at radius 3 is 2.86 bits per heavy atom. The number of nitrogens with one attached hydrogen (secondary N) is 2. The van der Waals surface area contributed by atoms with Gasteiger partial charge in [-0.05, 0) is 32.0 Å². The molecule has 1 aromatic heterocycles. The zero-order chi connectivity index (χ0) is 10.0. The molecule has 0 spiro atoms. The second-order valence-electron chi connectivity index (χ2n) is 4.08. The summed E-state index contributed by atoms with van der Waals surface area (Å²) < 4.78 is 0. The van der Waals surface area contributed by atoms with Gasteiger partial charge in [0, 0.05) is 18.2 Å². The lowest BCUT2D eigenvalue weighted by Gasteiger charge is -2.39. The molecule has 0 saturated heterocycles. The van der Waals surface area contributed by atoms with Crippen LogP contribution in [-0.4, -0.2) is 24.4 Å². The highest BCUT2D eigenvalue weighted by Gasteiger charge is 2.43. The van der Waals surface area contributed by atoms with E-state index in [2.05, 4.69) is 10.3 Å². The van der Waals surface area contributed by atoms with Crippen molar-refractivity contribution < 1.29 is 4.79 Å². The topological polar surface area (TPSA) is 44.9 Å². The van der Waals surface area contributed by atoms with Crippen LogP contribution < -0.4 is 5.32 Å². The van der Waals surface area contributed by atoms with Crippen LogP contribution in [-0.2, 0) is 0 Å². The monoisotopic (exact) mass is 192 g/mol. The predicted molar refractivity (Wildman–Crippen MR) is 55.3 cm³/mol. The number of carbonyl (C=O) groups is 1. The first kappa shape index (κ1) is 9.46. The number of ketones is 1. The first-order valence-electron chi connectivity index (χ1n) is 5.11. The van der Waals surface area contributed by atoms with Crippen molar-refractivity contribution in [3.8, 4) is 0 Å². The molecule has 76 valence electrons. The minimum absolute atomic E-state index is 0.125. The molecule has 0 unspecified atom stereocenters. The van der Waals surface area contributed by atoms with E-state index in [1.54, 1.807) is 6.20 Å². The van der Waals surface area contributed by atoms with E-state index in [-0.39, 0.29) is 11.2 Å². The van der Waals surface area contributed by atoms with Crippen LogP contribution >= 0.6 is 0 Å². The van der Waals surface area contributed by atoms with Crippen molar-refractivity contribution in [2.24, 2.45) is 5.41 Å². The molecule has 1 saturated carbocycles. The fraction of sp³-hybridized carbons (Fsp3) is 0.545. The number of aromatic amines is 1. The van der Waals surface area contributed by atoms with Crippen molar-refractivity contribution in [1.29, 1.82) is 0 Å². The first-order valence-corrected chi connectivity index (χ1v) is 5.11. The Morgan fingerprint density at radius 2 is 2.43 bits per heavy atom. The van der Waals surface area contributed by atoms with Crippen LogP contribution in [0.3, 0.4) is 0 Å². The van der Waals surface area contributed by atoms with E-state index < -0.39 is 0 Å². The Hall–Kier alpha value is -1.09. The summed E-state index contributed by atoms with van der Waals surface area (Å²) in [5.74, 6) is 0.267. The lowest BCUT2D eigenvalue weighted by atomic mass is 9.65. The third-order valence-electron chi connectivity index (χ3n) is 3.15. The summed E-state index contributed by atoms with van der Waals surface area (Å²) >= 11 is 0. The van der Waals surface area contributed by atoms with Gasteiger partial charge >= 0.3 is 0 Å². The quantitative estimate of drug-likeness (QED) is 0.711. The van der Waals surface area contributed by atoms with E-state index in [0.717, 1.165) is 25.1 Å². The molecule has 14 heavy (non-hydrogen) atoms. The highest BCUT2D eigenvalue weighted by Crippen LogP contribution is 2.42. The van der Waals surface area contributed by atoms with Gasteiger partial charge < -0.3 is 10.3 Å². The minimum Gasteiger partial charge on any atom is -0.359 e. The summed E-state index contributed by atoms with van der Waals surface area (Å²) in [7, 11) is 1.90. The van der Waals surface area contributed by atoms with E-state index in [4.69, 9.17) is 0 Å². The molecule has 1 fully saturated rings. The lowest BCUT2D eigenvalue weighted by Crippen LogP contribution is -2.45. The number of aromatic nitrogens is 1. The van der Waals surface area contributed by atoms with Crippen LogP contribution in [0.15, 0.2) is 18.3 Å². The highest BCUT2D eigenvalue weighted by molar-refractivity contribution is 5.99. The van der Waals surface area contributed by atoms with Gasteiger partial charge in [-0.2, -0.15) is 0 Å². The summed E-state index contributed by atoms with van der Waals surface area (Å²) in [5, 5.41) is 3.12. The molecule has 0 aromatic carbocycles. The fourth-order valence-electron chi connectivity index (χ4n) is 2.18. The van der Waals surface area contributed by atoms with E-state index >= 15 is 0 Å². The van der Waals surface area contributed by atoms with Crippen molar-refractivity contribution in [1.82, 2.24) is 10.3 Å². The maximum absolute atomic E-state index is 12.1. The van der Waals surface area contributed by atoms with Gasteiger partial charge in [-0.25, -0.2) is 0 Å². The van der Waals surface area contributed by atoms with Crippen molar-refractivity contribution in [3.63, 3.8) is 0 Å². The van der Waals surface area contributed by atoms with Crippen LogP contribution in [0.4, 0.5) is 0 Å². The van der Waals surface area contributed by atoms with Gasteiger partial charge in [-0.3, -0.25) is 4.79 Å². The largest absolute Gasteiger partial charge is 0.359 e. The number of Topliss-reactive ketones (excluding diaryl/α,β-unsaturated/α-hetero) is 1. The van der Waals surface area contributed by atoms with Gasteiger partial charge in [-0.1, -0.05) is 6.42 Å². The molecule has 2 N–H and O–H groups in total. The summed E-state index contributed by atoms with van der Waals surface area (Å²) in [6, 6.07) is 3.73.